The summed E-state index contributed by atoms with van der Waals surface area (Å²) >= 11 is 1.69. The van der Waals surface area contributed by atoms with Crippen molar-refractivity contribution in [3.63, 3.8) is 0 Å². The first-order valence-electron chi connectivity index (χ1n) is 6.25. The smallest absolute Gasteiger partial charge is 0.141 e. The van der Waals surface area contributed by atoms with Gasteiger partial charge in [-0.3, -0.25) is 0 Å². The maximum absolute atomic E-state index is 5.32. The molecule has 1 atom stereocenters. The van der Waals surface area contributed by atoms with Gasteiger partial charge in [-0.1, -0.05) is 0 Å². The third-order valence-electron chi connectivity index (χ3n) is 3.54. The first-order chi connectivity index (χ1) is 8.81. The molecule has 96 valence electrons. The monoisotopic (exact) mass is 263 g/mol. The van der Waals surface area contributed by atoms with E-state index in [-0.39, 0.29) is 0 Å². The number of anilines is 1. The average Bonchev–Trinajstić information content (AvgIpc) is 2.97. The molecule has 18 heavy (non-hydrogen) atoms. The number of ether oxygens (including phenoxy) is 1. The minimum absolute atomic E-state index is 0.451. The summed E-state index contributed by atoms with van der Waals surface area (Å²) in [4.78, 5) is 12.3. The fourth-order valence-corrected chi connectivity index (χ4v) is 3.58. The van der Waals surface area contributed by atoms with Crippen LogP contribution in [0.1, 0.15) is 18.4 Å². The van der Waals surface area contributed by atoms with Crippen LogP contribution in [0.15, 0.2) is 11.7 Å². The quantitative estimate of drug-likeness (QED) is 0.853. The van der Waals surface area contributed by atoms with Gasteiger partial charge in [0.15, 0.2) is 0 Å². The number of aryl methyl sites for hydroxylation is 1. The van der Waals surface area contributed by atoms with E-state index >= 15 is 0 Å². The van der Waals surface area contributed by atoms with Gasteiger partial charge in [0.2, 0.25) is 0 Å². The highest BCUT2D eigenvalue weighted by molar-refractivity contribution is 7.17. The molecule has 1 aliphatic heterocycles. The number of fused-ring (bicyclic) bond motifs is 1. The molecule has 2 aromatic heterocycles. The molecular formula is C13H17N3OS. The van der Waals surface area contributed by atoms with Gasteiger partial charge in [0, 0.05) is 13.7 Å². The molecule has 0 radical (unpaired) electrons. The van der Waals surface area contributed by atoms with Crippen LogP contribution in [0.3, 0.4) is 0 Å². The van der Waals surface area contributed by atoms with Gasteiger partial charge < -0.3 is 9.64 Å². The van der Waals surface area contributed by atoms with E-state index in [0.717, 1.165) is 23.8 Å². The van der Waals surface area contributed by atoms with Crippen molar-refractivity contribution in [2.45, 2.75) is 25.8 Å². The summed E-state index contributed by atoms with van der Waals surface area (Å²) in [5.74, 6) is 1.08. The van der Waals surface area contributed by atoms with E-state index < -0.39 is 0 Å². The van der Waals surface area contributed by atoms with Crippen LogP contribution in [0.5, 0.6) is 0 Å². The van der Waals surface area contributed by atoms with E-state index in [9.17, 15) is 0 Å². The Morgan fingerprint density at radius 2 is 2.39 bits per heavy atom. The van der Waals surface area contributed by atoms with Crippen LogP contribution in [0, 0.1) is 6.92 Å². The number of nitrogens with zero attached hydrogens (tertiary/aromatic N) is 3. The standard InChI is InChI=1S/C13H17N3OS/c1-9-7-18-13-11(9)12(14-8-15-13)16-5-3-4-10(16)6-17-2/h7-8,10H,3-6H2,1-2H3/t10-/m0/s1. The first-order valence-corrected chi connectivity index (χ1v) is 7.13. The highest BCUT2D eigenvalue weighted by Crippen LogP contribution is 2.34. The maximum atomic E-state index is 5.32. The molecule has 4 nitrogen and oxygen atoms in total. The van der Waals surface area contributed by atoms with Crippen LogP contribution in [0.25, 0.3) is 10.2 Å². The Morgan fingerprint density at radius 1 is 1.50 bits per heavy atom. The van der Waals surface area contributed by atoms with Crippen molar-refractivity contribution in [1.82, 2.24) is 9.97 Å². The van der Waals surface area contributed by atoms with Crippen LogP contribution in [0.4, 0.5) is 5.82 Å². The highest BCUT2D eigenvalue weighted by atomic mass is 32.1. The fraction of sp³-hybridized carbons (Fsp3) is 0.538. The molecule has 1 fully saturated rings. The minimum atomic E-state index is 0.451. The Bertz CT molecular complexity index is 554. The topological polar surface area (TPSA) is 38.2 Å². The van der Waals surface area contributed by atoms with Crippen molar-refractivity contribution in [1.29, 1.82) is 0 Å². The van der Waals surface area contributed by atoms with Gasteiger partial charge in [0.1, 0.15) is 17.0 Å². The summed E-state index contributed by atoms with van der Waals surface area (Å²) in [6.45, 7) is 3.97. The predicted molar refractivity (Wildman–Crippen MR) is 74.4 cm³/mol. The number of rotatable bonds is 3. The summed E-state index contributed by atoms with van der Waals surface area (Å²) in [5.41, 5.74) is 1.27. The van der Waals surface area contributed by atoms with Crippen LogP contribution >= 0.6 is 11.3 Å². The Labute approximate surface area is 111 Å². The van der Waals surface area contributed by atoms with Gasteiger partial charge in [-0.2, -0.15) is 0 Å². The van der Waals surface area contributed by atoms with Crippen molar-refractivity contribution >= 4 is 27.4 Å². The Morgan fingerprint density at radius 3 is 3.22 bits per heavy atom. The summed E-state index contributed by atoms with van der Waals surface area (Å²) in [5, 5.41) is 3.37. The second-order valence-electron chi connectivity index (χ2n) is 4.74. The zero-order valence-electron chi connectivity index (χ0n) is 10.7. The van der Waals surface area contributed by atoms with Gasteiger partial charge in [-0.25, -0.2) is 9.97 Å². The van der Waals surface area contributed by atoms with Gasteiger partial charge in [-0.15, -0.1) is 11.3 Å². The normalized spacial score (nSPS) is 19.9. The first kappa shape index (κ1) is 11.9. The summed E-state index contributed by atoms with van der Waals surface area (Å²) in [6, 6.07) is 0.451. The molecule has 0 saturated carbocycles. The summed E-state index contributed by atoms with van der Waals surface area (Å²) in [7, 11) is 1.77. The third kappa shape index (κ3) is 1.87. The SMILES string of the molecule is COC[C@@H]1CCCN1c1ncnc2scc(C)c12. The third-order valence-corrected chi connectivity index (χ3v) is 4.55. The zero-order valence-corrected chi connectivity index (χ0v) is 11.5. The predicted octanol–water partition coefficient (Wildman–Crippen LogP) is 2.61. The molecule has 0 bridgehead atoms. The van der Waals surface area contributed by atoms with Crippen molar-refractivity contribution in [3.8, 4) is 0 Å². The molecule has 0 amide bonds. The molecule has 0 unspecified atom stereocenters. The number of hydrogen-bond acceptors (Lipinski definition) is 5. The van der Waals surface area contributed by atoms with Crippen LogP contribution < -0.4 is 4.90 Å². The van der Waals surface area contributed by atoms with E-state index in [1.807, 2.05) is 0 Å². The van der Waals surface area contributed by atoms with Crippen molar-refractivity contribution in [2.24, 2.45) is 0 Å². The van der Waals surface area contributed by atoms with Crippen molar-refractivity contribution in [2.75, 3.05) is 25.2 Å². The number of methoxy groups -OCH3 is 1. The Balaban J connectivity index is 2.05. The largest absolute Gasteiger partial charge is 0.383 e. The second kappa shape index (κ2) is 4.82. The lowest BCUT2D eigenvalue weighted by molar-refractivity contribution is 0.180. The Hall–Kier alpha value is -1.20. The molecule has 0 spiro atoms. The van der Waals surface area contributed by atoms with Gasteiger partial charge in [0.25, 0.3) is 0 Å². The molecule has 0 N–H and O–H groups in total. The highest BCUT2D eigenvalue weighted by Gasteiger charge is 2.27. The molecule has 3 heterocycles. The van der Waals surface area contributed by atoms with Crippen molar-refractivity contribution < 1.29 is 4.74 Å². The number of hydrogen-bond donors (Lipinski definition) is 0. The summed E-state index contributed by atoms with van der Waals surface area (Å²) < 4.78 is 5.32. The molecular weight excluding hydrogens is 246 g/mol. The molecule has 5 heteroatoms. The number of aromatic nitrogens is 2. The van der Waals surface area contributed by atoms with Gasteiger partial charge >= 0.3 is 0 Å². The Kier molecular flexibility index (Phi) is 3.18. The van der Waals surface area contributed by atoms with Crippen LogP contribution in [0.2, 0.25) is 0 Å². The van der Waals surface area contributed by atoms with E-state index in [1.165, 1.54) is 23.8 Å². The van der Waals surface area contributed by atoms with E-state index in [1.54, 1.807) is 24.8 Å². The average molecular weight is 263 g/mol. The van der Waals surface area contributed by atoms with E-state index in [0.29, 0.717) is 6.04 Å². The van der Waals surface area contributed by atoms with Gasteiger partial charge in [-0.05, 0) is 30.7 Å². The molecule has 1 aliphatic rings. The lowest BCUT2D eigenvalue weighted by atomic mass is 10.2. The lowest BCUT2D eigenvalue weighted by Gasteiger charge is -2.25. The van der Waals surface area contributed by atoms with E-state index in [2.05, 4.69) is 27.2 Å². The molecule has 1 saturated heterocycles. The van der Waals surface area contributed by atoms with Crippen molar-refractivity contribution in [3.05, 3.63) is 17.3 Å². The molecule has 2 aromatic rings. The van der Waals surface area contributed by atoms with Crippen LogP contribution in [-0.4, -0.2) is 36.3 Å². The van der Waals surface area contributed by atoms with Crippen LogP contribution in [-0.2, 0) is 4.74 Å². The fourth-order valence-electron chi connectivity index (χ4n) is 2.70. The maximum Gasteiger partial charge on any atom is 0.141 e. The molecule has 0 aromatic carbocycles. The minimum Gasteiger partial charge on any atom is -0.383 e. The molecule has 3 rings (SSSR count). The lowest BCUT2D eigenvalue weighted by Crippen LogP contribution is -2.33. The van der Waals surface area contributed by atoms with E-state index in [4.69, 9.17) is 4.74 Å². The number of thiophene rings is 1. The molecule has 0 aliphatic carbocycles. The second-order valence-corrected chi connectivity index (χ2v) is 5.60. The van der Waals surface area contributed by atoms with Gasteiger partial charge in [0.05, 0.1) is 18.0 Å². The summed E-state index contributed by atoms with van der Waals surface area (Å²) in [6.07, 6.45) is 4.07. The zero-order chi connectivity index (χ0) is 12.5.